The molecule has 0 aliphatic carbocycles. The highest BCUT2D eigenvalue weighted by Crippen LogP contribution is 2.20. The third-order valence-electron chi connectivity index (χ3n) is 6.14. The lowest BCUT2D eigenvalue weighted by Gasteiger charge is -2.40. The van der Waals surface area contributed by atoms with Gasteiger partial charge < -0.3 is 24.8 Å². The van der Waals surface area contributed by atoms with E-state index in [0.717, 1.165) is 76.1 Å². The van der Waals surface area contributed by atoms with E-state index in [2.05, 4.69) is 42.3 Å². The standard InChI is InChI=1S/C22H34N4O2S/c1-17-4-5-21(18(2)16-17)23-22(29)26(11-10-24-12-14-28-15-13-24)20-6-8-25(9-7-20)19(3)27/h4-5,16,20H,6-15H2,1-3H3,(H,23,29)/p+1. The molecule has 7 heteroatoms. The molecular formula is C22H35N4O2S+. The average Bonchev–Trinajstić information content (AvgIpc) is 2.71. The molecule has 2 saturated heterocycles. The third kappa shape index (κ3) is 6.14. The van der Waals surface area contributed by atoms with E-state index in [4.69, 9.17) is 17.0 Å². The van der Waals surface area contributed by atoms with Crippen LogP contribution in [-0.2, 0) is 9.53 Å². The van der Waals surface area contributed by atoms with Crippen LogP contribution < -0.4 is 10.2 Å². The lowest BCUT2D eigenvalue weighted by molar-refractivity contribution is -0.907. The van der Waals surface area contributed by atoms with Gasteiger partial charge in [-0.3, -0.25) is 4.79 Å². The zero-order valence-corrected chi connectivity index (χ0v) is 18.8. The maximum Gasteiger partial charge on any atom is 0.219 e. The summed E-state index contributed by atoms with van der Waals surface area (Å²) in [6.45, 7) is 13.3. The second kappa shape index (κ2) is 10.4. The van der Waals surface area contributed by atoms with Crippen molar-refractivity contribution in [2.45, 2.75) is 39.7 Å². The van der Waals surface area contributed by atoms with Crippen molar-refractivity contribution in [2.24, 2.45) is 0 Å². The molecule has 29 heavy (non-hydrogen) atoms. The molecule has 6 nitrogen and oxygen atoms in total. The molecule has 2 aliphatic heterocycles. The zero-order chi connectivity index (χ0) is 20.8. The van der Waals surface area contributed by atoms with Crippen molar-refractivity contribution in [3.05, 3.63) is 29.3 Å². The lowest BCUT2D eigenvalue weighted by atomic mass is 10.0. The fourth-order valence-electron chi connectivity index (χ4n) is 4.27. The van der Waals surface area contributed by atoms with Gasteiger partial charge in [0, 0.05) is 31.7 Å². The number of carbonyl (C=O) groups is 1. The Labute approximate surface area is 180 Å². The predicted octanol–water partition coefficient (Wildman–Crippen LogP) is 1.23. The second-order valence-corrected chi connectivity index (χ2v) is 8.68. The van der Waals surface area contributed by atoms with E-state index in [1.54, 1.807) is 11.8 Å². The van der Waals surface area contributed by atoms with Crippen LogP contribution in [0.1, 0.15) is 30.9 Å². The molecule has 3 rings (SSSR count). The Morgan fingerprint density at radius 3 is 2.59 bits per heavy atom. The molecule has 0 bridgehead atoms. The molecule has 0 unspecified atom stereocenters. The maximum absolute atomic E-state index is 11.7. The van der Waals surface area contributed by atoms with Crippen LogP contribution in [-0.4, -0.2) is 79.3 Å². The number of morpholine rings is 1. The average molecular weight is 420 g/mol. The Hall–Kier alpha value is -1.70. The Balaban J connectivity index is 1.67. The first-order chi connectivity index (χ1) is 13.9. The van der Waals surface area contributed by atoms with Gasteiger partial charge in [0.2, 0.25) is 5.91 Å². The molecule has 2 aliphatic rings. The highest BCUT2D eigenvalue weighted by molar-refractivity contribution is 7.80. The molecule has 160 valence electrons. The van der Waals surface area contributed by atoms with Crippen molar-refractivity contribution in [2.75, 3.05) is 57.8 Å². The molecule has 1 aromatic carbocycles. The summed E-state index contributed by atoms with van der Waals surface area (Å²) < 4.78 is 5.50. The number of hydrogen-bond acceptors (Lipinski definition) is 3. The van der Waals surface area contributed by atoms with E-state index in [9.17, 15) is 4.79 Å². The number of nitrogens with one attached hydrogen (secondary N) is 2. The molecule has 2 N–H and O–H groups in total. The number of likely N-dealkylation sites (tertiary alicyclic amines) is 1. The minimum atomic E-state index is 0.170. The molecule has 0 atom stereocenters. The van der Waals surface area contributed by atoms with Crippen molar-refractivity contribution >= 4 is 28.9 Å². The van der Waals surface area contributed by atoms with Gasteiger partial charge in [0.15, 0.2) is 5.11 Å². The van der Waals surface area contributed by atoms with Crippen LogP contribution in [0.15, 0.2) is 18.2 Å². The van der Waals surface area contributed by atoms with Crippen molar-refractivity contribution < 1.29 is 14.4 Å². The third-order valence-corrected chi connectivity index (χ3v) is 6.48. The summed E-state index contributed by atoms with van der Waals surface area (Å²) in [7, 11) is 0. The van der Waals surface area contributed by atoms with E-state index in [1.807, 2.05) is 4.90 Å². The van der Waals surface area contributed by atoms with Crippen molar-refractivity contribution in [3.63, 3.8) is 0 Å². The highest BCUT2D eigenvalue weighted by Gasteiger charge is 2.28. The highest BCUT2D eigenvalue weighted by atomic mass is 32.1. The number of benzene rings is 1. The Morgan fingerprint density at radius 1 is 1.28 bits per heavy atom. The number of ether oxygens (including phenoxy) is 1. The number of hydrogen-bond donors (Lipinski definition) is 2. The molecule has 0 saturated carbocycles. The fourth-order valence-corrected chi connectivity index (χ4v) is 4.62. The SMILES string of the molecule is CC(=O)N1CCC(N(CC[NH+]2CCOCC2)C(=S)Nc2ccc(C)cc2C)CC1. The van der Waals surface area contributed by atoms with E-state index in [1.165, 1.54) is 11.1 Å². The summed E-state index contributed by atoms with van der Waals surface area (Å²) in [5, 5.41) is 4.30. The van der Waals surface area contributed by atoms with E-state index >= 15 is 0 Å². The van der Waals surface area contributed by atoms with Gasteiger partial charge in [-0.25, -0.2) is 0 Å². The number of rotatable bonds is 5. The van der Waals surface area contributed by atoms with Crippen LogP contribution in [0.25, 0.3) is 0 Å². The van der Waals surface area contributed by atoms with Crippen LogP contribution in [0.2, 0.25) is 0 Å². The molecule has 1 aromatic rings. The topological polar surface area (TPSA) is 49.3 Å². The number of thiocarbonyl (C=S) groups is 1. The number of quaternary nitrogens is 1. The van der Waals surface area contributed by atoms with E-state index in [0.29, 0.717) is 6.04 Å². The summed E-state index contributed by atoms with van der Waals surface area (Å²) in [4.78, 5) is 17.6. The minimum absolute atomic E-state index is 0.170. The number of carbonyl (C=O) groups excluding carboxylic acids is 1. The first-order valence-electron chi connectivity index (χ1n) is 10.8. The van der Waals surface area contributed by atoms with Crippen LogP contribution in [0.4, 0.5) is 5.69 Å². The largest absolute Gasteiger partial charge is 0.370 e. The quantitative estimate of drug-likeness (QED) is 0.703. The first kappa shape index (κ1) is 22.0. The van der Waals surface area contributed by atoms with Crippen LogP contribution in [0.5, 0.6) is 0 Å². The Morgan fingerprint density at radius 2 is 1.97 bits per heavy atom. The van der Waals surface area contributed by atoms with Gasteiger partial charge >= 0.3 is 0 Å². The normalized spacial score (nSPS) is 18.5. The van der Waals surface area contributed by atoms with Crippen LogP contribution in [0.3, 0.4) is 0 Å². The predicted molar refractivity (Wildman–Crippen MR) is 121 cm³/mol. The summed E-state index contributed by atoms with van der Waals surface area (Å²) in [6.07, 6.45) is 1.93. The van der Waals surface area contributed by atoms with Gasteiger partial charge in [0.05, 0.1) is 26.3 Å². The number of piperidine rings is 1. The van der Waals surface area contributed by atoms with Crippen LogP contribution in [0, 0.1) is 13.8 Å². The smallest absolute Gasteiger partial charge is 0.219 e. The second-order valence-electron chi connectivity index (χ2n) is 8.29. The maximum atomic E-state index is 11.7. The molecular weight excluding hydrogens is 384 g/mol. The van der Waals surface area contributed by atoms with Gasteiger partial charge in [-0.2, -0.15) is 0 Å². The van der Waals surface area contributed by atoms with Crippen molar-refractivity contribution in [1.29, 1.82) is 0 Å². The number of amides is 1. The molecule has 0 radical (unpaired) electrons. The van der Waals surface area contributed by atoms with Gasteiger partial charge in [-0.15, -0.1) is 0 Å². The van der Waals surface area contributed by atoms with Gasteiger partial charge in [0.1, 0.15) is 13.1 Å². The van der Waals surface area contributed by atoms with Gasteiger partial charge in [0.25, 0.3) is 0 Å². The van der Waals surface area contributed by atoms with Crippen molar-refractivity contribution in [3.8, 4) is 0 Å². The lowest BCUT2D eigenvalue weighted by Crippen LogP contribution is -3.14. The van der Waals surface area contributed by atoms with Gasteiger partial charge in [-0.05, 0) is 50.5 Å². The molecule has 2 fully saturated rings. The summed E-state index contributed by atoms with van der Waals surface area (Å²) in [5.74, 6) is 0.170. The number of anilines is 1. The van der Waals surface area contributed by atoms with E-state index < -0.39 is 0 Å². The van der Waals surface area contributed by atoms with Gasteiger partial charge in [-0.1, -0.05) is 17.7 Å². The minimum Gasteiger partial charge on any atom is -0.370 e. The number of aryl methyl sites for hydroxylation is 2. The first-order valence-corrected chi connectivity index (χ1v) is 11.2. The monoisotopic (exact) mass is 419 g/mol. The Kier molecular flexibility index (Phi) is 7.86. The molecule has 1 amide bonds. The molecule has 0 aromatic heterocycles. The summed E-state index contributed by atoms with van der Waals surface area (Å²) in [6, 6.07) is 6.78. The molecule has 2 heterocycles. The number of nitrogens with zero attached hydrogens (tertiary/aromatic N) is 2. The van der Waals surface area contributed by atoms with Crippen molar-refractivity contribution in [1.82, 2.24) is 9.80 Å². The fraction of sp³-hybridized carbons (Fsp3) is 0.636. The summed E-state index contributed by atoms with van der Waals surface area (Å²) >= 11 is 5.88. The Bertz CT molecular complexity index is 713. The molecule has 0 spiro atoms. The van der Waals surface area contributed by atoms with Crippen LogP contribution >= 0.6 is 12.2 Å². The van der Waals surface area contributed by atoms with E-state index in [-0.39, 0.29) is 5.91 Å². The summed E-state index contributed by atoms with van der Waals surface area (Å²) in [5.41, 5.74) is 3.53. The zero-order valence-electron chi connectivity index (χ0n) is 18.0.